The number of carbonyl (C=O) groups is 1. The lowest BCUT2D eigenvalue weighted by Crippen LogP contribution is -2.41. The molecule has 0 radical (unpaired) electrons. The molecule has 10 nitrogen and oxygen atoms in total. The molecule has 1 aliphatic heterocycles. The number of halogens is 2. The summed E-state index contributed by atoms with van der Waals surface area (Å²) in [5.41, 5.74) is 3.17. The summed E-state index contributed by atoms with van der Waals surface area (Å²) in [6, 6.07) is 4.73. The molecular formula is C23H19F2N7O3. The normalized spacial score (nSPS) is 15.8. The minimum Gasteiger partial charge on any atom is -0.438 e. The largest absolute Gasteiger partial charge is 0.438 e. The molecule has 1 aliphatic rings. The van der Waals surface area contributed by atoms with E-state index in [0.717, 1.165) is 11.3 Å². The van der Waals surface area contributed by atoms with Gasteiger partial charge >= 0.3 is 0 Å². The Morgan fingerprint density at radius 2 is 2.11 bits per heavy atom. The van der Waals surface area contributed by atoms with Crippen LogP contribution in [0.15, 0.2) is 45.9 Å². The van der Waals surface area contributed by atoms with Gasteiger partial charge in [0.2, 0.25) is 17.5 Å². The van der Waals surface area contributed by atoms with Gasteiger partial charge in [-0.25, -0.2) is 28.7 Å². The number of nitrogens with one attached hydrogen (secondary N) is 1. The smallest absolute Gasteiger partial charge is 0.292 e. The fourth-order valence-electron chi connectivity index (χ4n) is 4.35. The Morgan fingerprint density at radius 3 is 2.89 bits per heavy atom. The maximum atomic E-state index is 13.9. The molecule has 1 amide bonds. The number of benzene rings is 1. The van der Waals surface area contributed by atoms with Crippen molar-refractivity contribution in [2.75, 3.05) is 6.54 Å². The summed E-state index contributed by atoms with van der Waals surface area (Å²) >= 11 is 0. The Hall–Kier alpha value is -4.35. The second-order valence-corrected chi connectivity index (χ2v) is 8.36. The molecule has 0 saturated heterocycles. The molecule has 4 aromatic heterocycles. The standard InChI is InChI=1S/C23H19F2N7O3/c1-11-3-4-15-13(7-11)29-22(34-15)18-16-12(27-9-28-16)5-6-32(18)23(33)19-17(20(24)25)30-21(35-19)14-8-26-10-31(14)2/h3-4,7-10,18,20H,5-6H2,1-2H3,(H,27,28)/t18-/m0/s1. The average Bonchev–Trinajstić information content (AvgIpc) is 3.62. The molecule has 5 heterocycles. The molecule has 6 rings (SSSR count). The Morgan fingerprint density at radius 1 is 1.26 bits per heavy atom. The van der Waals surface area contributed by atoms with Crippen molar-refractivity contribution in [3.05, 3.63) is 71.3 Å². The number of nitrogens with zero attached hydrogens (tertiary/aromatic N) is 6. The Labute approximate surface area is 196 Å². The molecule has 0 unspecified atom stereocenters. The first-order chi connectivity index (χ1) is 16.9. The zero-order valence-corrected chi connectivity index (χ0v) is 18.7. The molecule has 178 valence electrons. The van der Waals surface area contributed by atoms with Gasteiger partial charge in [0.1, 0.15) is 11.2 Å². The van der Waals surface area contributed by atoms with E-state index in [9.17, 15) is 13.6 Å². The average molecular weight is 479 g/mol. The molecule has 0 aliphatic carbocycles. The Balaban J connectivity index is 1.46. The van der Waals surface area contributed by atoms with E-state index in [0.29, 0.717) is 28.9 Å². The number of carbonyl (C=O) groups excluding carboxylic acids is 1. The van der Waals surface area contributed by atoms with Crippen molar-refractivity contribution >= 4 is 17.0 Å². The van der Waals surface area contributed by atoms with E-state index in [2.05, 4.69) is 24.9 Å². The van der Waals surface area contributed by atoms with E-state index in [1.54, 1.807) is 17.7 Å². The quantitative estimate of drug-likeness (QED) is 0.414. The number of aryl methyl sites for hydroxylation is 2. The van der Waals surface area contributed by atoms with Gasteiger partial charge in [0.25, 0.3) is 12.3 Å². The van der Waals surface area contributed by atoms with Crippen LogP contribution in [0, 0.1) is 6.92 Å². The zero-order valence-electron chi connectivity index (χ0n) is 18.7. The maximum Gasteiger partial charge on any atom is 0.292 e. The van der Waals surface area contributed by atoms with Crippen LogP contribution in [0.1, 0.15) is 51.6 Å². The highest BCUT2D eigenvalue weighted by Crippen LogP contribution is 2.37. The highest BCUT2D eigenvalue weighted by Gasteiger charge is 2.41. The number of amides is 1. The lowest BCUT2D eigenvalue weighted by Gasteiger charge is -2.32. The number of hydrogen-bond donors (Lipinski definition) is 1. The molecule has 5 aromatic rings. The Bertz CT molecular complexity index is 1560. The van der Waals surface area contributed by atoms with Gasteiger partial charge in [-0.2, -0.15) is 0 Å². The number of imidazole rings is 2. The van der Waals surface area contributed by atoms with Crippen molar-refractivity contribution in [2.45, 2.75) is 25.8 Å². The van der Waals surface area contributed by atoms with Crippen LogP contribution >= 0.6 is 0 Å². The summed E-state index contributed by atoms with van der Waals surface area (Å²) in [5.74, 6) is -1.17. The molecule has 1 N–H and O–H groups in total. The van der Waals surface area contributed by atoms with E-state index in [1.165, 1.54) is 23.8 Å². The summed E-state index contributed by atoms with van der Waals surface area (Å²) in [6.07, 6.45) is 1.87. The van der Waals surface area contributed by atoms with E-state index in [-0.39, 0.29) is 18.3 Å². The van der Waals surface area contributed by atoms with Gasteiger partial charge in [-0.3, -0.25) is 4.79 Å². The molecule has 1 atom stereocenters. The first-order valence-electron chi connectivity index (χ1n) is 10.9. The van der Waals surface area contributed by atoms with Gasteiger partial charge in [-0.15, -0.1) is 0 Å². The Kier molecular flexibility index (Phi) is 4.76. The number of fused-ring (bicyclic) bond motifs is 2. The molecular weight excluding hydrogens is 460 g/mol. The van der Waals surface area contributed by atoms with Crippen LogP contribution in [0.4, 0.5) is 8.78 Å². The van der Waals surface area contributed by atoms with Gasteiger partial charge in [0, 0.05) is 25.7 Å². The third kappa shape index (κ3) is 3.40. The molecule has 0 saturated carbocycles. The summed E-state index contributed by atoms with van der Waals surface area (Å²) < 4.78 is 41.1. The topological polar surface area (TPSA) is 119 Å². The lowest BCUT2D eigenvalue weighted by atomic mass is 10.0. The molecule has 35 heavy (non-hydrogen) atoms. The van der Waals surface area contributed by atoms with Gasteiger partial charge < -0.3 is 23.3 Å². The first-order valence-corrected chi connectivity index (χ1v) is 10.9. The minimum absolute atomic E-state index is 0.116. The van der Waals surface area contributed by atoms with E-state index in [4.69, 9.17) is 8.83 Å². The molecule has 12 heteroatoms. The number of H-pyrrole nitrogens is 1. The fraction of sp³-hybridized carbons (Fsp3) is 0.261. The van der Waals surface area contributed by atoms with Crippen LogP contribution in [0.3, 0.4) is 0 Å². The van der Waals surface area contributed by atoms with Crippen molar-refractivity contribution in [2.24, 2.45) is 7.05 Å². The van der Waals surface area contributed by atoms with Gasteiger partial charge in [0.15, 0.2) is 17.3 Å². The molecule has 0 spiro atoms. The third-order valence-electron chi connectivity index (χ3n) is 6.07. The first kappa shape index (κ1) is 21.2. The second-order valence-electron chi connectivity index (χ2n) is 8.36. The van der Waals surface area contributed by atoms with Crippen LogP contribution in [0.25, 0.3) is 22.7 Å². The maximum absolute atomic E-state index is 13.9. The van der Waals surface area contributed by atoms with Gasteiger partial charge in [-0.1, -0.05) is 6.07 Å². The van der Waals surface area contributed by atoms with Crippen molar-refractivity contribution in [1.29, 1.82) is 0 Å². The molecule has 0 fully saturated rings. The summed E-state index contributed by atoms with van der Waals surface area (Å²) in [7, 11) is 1.67. The van der Waals surface area contributed by atoms with Crippen molar-refractivity contribution in [3.8, 4) is 11.6 Å². The lowest BCUT2D eigenvalue weighted by molar-refractivity contribution is 0.0621. The predicted molar refractivity (Wildman–Crippen MR) is 118 cm³/mol. The number of aromatic amines is 1. The van der Waals surface area contributed by atoms with Crippen molar-refractivity contribution < 1.29 is 22.4 Å². The van der Waals surface area contributed by atoms with Gasteiger partial charge in [-0.05, 0) is 24.6 Å². The van der Waals surface area contributed by atoms with E-state index >= 15 is 0 Å². The fourth-order valence-corrected chi connectivity index (χ4v) is 4.35. The minimum atomic E-state index is -3.02. The summed E-state index contributed by atoms with van der Waals surface area (Å²) in [4.78, 5) is 35.0. The van der Waals surface area contributed by atoms with Crippen LogP contribution in [-0.4, -0.2) is 46.8 Å². The highest BCUT2D eigenvalue weighted by molar-refractivity contribution is 5.93. The number of oxazole rings is 2. The van der Waals surface area contributed by atoms with Gasteiger partial charge in [0.05, 0.1) is 24.5 Å². The van der Waals surface area contributed by atoms with Crippen LogP contribution in [-0.2, 0) is 13.5 Å². The van der Waals surface area contributed by atoms with Crippen molar-refractivity contribution in [3.63, 3.8) is 0 Å². The van der Waals surface area contributed by atoms with Crippen LogP contribution in [0.2, 0.25) is 0 Å². The van der Waals surface area contributed by atoms with E-state index in [1.807, 2.05) is 19.1 Å². The summed E-state index contributed by atoms with van der Waals surface area (Å²) in [5, 5.41) is 0. The molecule has 0 bridgehead atoms. The highest BCUT2D eigenvalue weighted by atomic mass is 19.3. The predicted octanol–water partition coefficient (Wildman–Crippen LogP) is 3.97. The van der Waals surface area contributed by atoms with Crippen LogP contribution in [0.5, 0.6) is 0 Å². The summed E-state index contributed by atoms with van der Waals surface area (Å²) in [6.45, 7) is 2.15. The SMILES string of the molecule is Cc1ccc2oc([C@@H]3c4nc[nH]c4CCN3C(=O)c3oc(-c4cncn4C)nc3C(F)F)nc2c1. The number of alkyl halides is 2. The number of aromatic nitrogens is 6. The monoisotopic (exact) mass is 479 g/mol. The van der Waals surface area contributed by atoms with Crippen molar-refractivity contribution in [1.82, 2.24) is 34.4 Å². The third-order valence-corrected chi connectivity index (χ3v) is 6.07. The number of rotatable bonds is 4. The van der Waals surface area contributed by atoms with E-state index < -0.39 is 29.8 Å². The zero-order chi connectivity index (χ0) is 24.3. The number of hydrogen-bond acceptors (Lipinski definition) is 7. The molecule has 1 aromatic carbocycles. The van der Waals surface area contributed by atoms with Crippen LogP contribution < -0.4 is 0 Å². The second kappa shape index (κ2) is 7.86.